The van der Waals surface area contributed by atoms with Gasteiger partial charge < -0.3 is 19.2 Å². The topological polar surface area (TPSA) is 86.1 Å². The summed E-state index contributed by atoms with van der Waals surface area (Å²) >= 11 is 0. The molecule has 3 aromatic rings. The Bertz CT molecular complexity index is 1040. The number of nitrogens with zero attached hydrogens (tertiary/aromatic N) is 1. The van der Waals surface area contributed by atoms with Crippen molar-refractivity contribution in [3.63, 3.8) is 0 Å². The van der Waals surface area contributed by atoms with Crippen molar-refractivity contribution in [2.75, 3.05) is 18.5 Å². The number of carbonyl (C=O) groups is 3. The Kier molecular flexibility index (Phi) is 6.29. The van der Waals surface area contributed by atoms with Crippen LogP contribution in [-0.4, -0.2) is 35.8 Å². The van der Waals surface area contributed by atoms with Crippen LogP contribution in [0.4, 0.5) is 5.69 Å². The van der Waals surface area contributed by atoms with Crippen LogP contribution in [0.15, 0.2) is 48.7 Å². The third-order valence-corrected chi connectivity index (χ3v) is 4.51. The van der Waals surface area contributed by atoms with Crippen molar-refractivity contribution in [1.29, 1.82) is 0 Å². The van der Waals surface area contributed by atoms with E-state index in [4.69, 9.17) is 9.47 Å². The van der Waals surface area contributed by atoms with Crippen LogP contribution < -0.4 is 10.1 Å². The molecule has 0 fully saturated rings. The van der Waals surface area contributed by atoms with Crippen molar-refractivity contribution in [1.82, 2.24) is 4.40 Å². The number of esters is 1. The second kappa shape index (κ2) is 9.05. The van der Waals surface area contributed by atoms with Gasteiger partial charge in [-0.2, -0.15) is 0 Å². The van der Waals surface area contributed by atoms with Crippen LogP contribution in [0.25, 0.3) is 5.52 Å². The summed E-state index contributed by atoms with van der Waals surface area (Å²) in [6.45, 7) is 3.60. The predicted molar refractivity (Wildman–Crippen MR) is 108 cm³/mol. The van der Waals surface area contributed by atoms with Crippen molar-refractivity contribution in [3.8, 4) is 5.75 Å². The highest BCUT2D eigenvalue weighted by molar-refractivity contribution is 6.30. The molecule has 1 aromatic carbocycles. The van der Waals surface area contributed by atoms with Crippen molar-refractivity contribution in [3.05, 3.63) is 65.5 Å². The number of rotatable bonds is 8. The molecule has 0 bridgehead atoms. The Morgan fingerprint density at radius 1 is 1.14 bits per heavy atom. The van der Waals surface area contributed by atoms with Crippen LogP contribution in [0, 0.1) is 6.92 Å². The molecular formula is C22H22N2O5. The monoisotopic (exact) mass is 394 g/mol. The molecule has 0 aliphatic rings. The first kappa shape index (κ1) is 20.1. The van der Waals surface area contributed by atoms with Crippen LogP contribution in [-0.2, 0) is 25.5 Å². The summed E-state index contributed by atoms with van der Waals surface area (Å²) in [6.07, 6.45) is 2.70. The number of pyridine rings is 1. The maximum Gasteiger partial charge on any atom is 0.344 e. The molecule has 150 valence electrons. The summed E-state index contributed by atoms with van der Waals surface area (Å²) in [4.78, 5) is 34.4. The van der Waals surface area contributed by atoms with E-state index in [1.165, 1.54) is 0 Å². The first-order valence-electron chi connectivity index (χ1n) is 9.26. The zero-order valence-electron chi connectivity index (χ0n) is 16.3. The van der Waals surface area contributed by atoms with Crippen LogP contribution in [0.3, 0.4) is 0 Å². The number of amides is 1. The van der Waals surface area contributed by atoms with Crippen molar-refractivity contribution in [2.45, 2.75) is 20.3 Å². The Morgan fingerprint density at radius 2 is 1.90 bits per heavy atom. The minimum absolute atomic E-state index is 0.224. The van der Waals surface area contributed by atoms with E-state index in [0.29, 0.717) is 23.4 Å². The average molecular weight is 394 g/mol. The van der Waals surface area contributed by atoms with Gasteiger partial charge in [-0.25, -0.2) is 4.79 Å². The highest BCUT2D eigenvalue weighted by atomic mass is 16.6. The molecule has 0 unspecified atom stereocenters. The Morgan fingerprint density at radius 3 is 2.59 bits per heavy atom. The number of nitrogens with one attached hydrogen (secondary N) is 1. The molecule has 1 N–H and O–H groups in total. The van der Waals surface area contributed by atoms with Crippen molar-refractivity contribution >= 4 is 29.4 Å². The molecule has 29 heavy (non-hydrogen) atoms. The van der Waals surface area contributed by atoms with Gasteiger partial charge in [0, 0.05) is 18.3 Å². The second-order valence-corrected chi connectivity index (χ2v) is 6.40. The molecule has 0 spiro atoms. The Balaban J connectivity index is 2.08. The smallest absolute Gasteiger partial charge is 0.344 e. The minimum atomic E-state index is -0.757. The molecule has 7 heteroatoms. The molecular weight excluding hydrogens is 372 g/mol. The highest BCUT2D eigenvalue weighted by Gasteiger charge is 2.21. The molecule has 0 atom stereocenters. The summed E-state index contributed by atoms with van der Waals surface area (Å²) in [5.74, 6) is -0.836. The summed E-state index contributed by atoms with van der Waals surface area (Å²) in [6, 6.07) is 13.4. The van der Waals surface area contributed by atoms with E-state index in [1.807, 2.05) is 47.9 Å². The van der Waals surface area contributed by atoms with E-state index in [2.05, 4.69) is 5.32 Å². The van der Waals surface area contributed by atoms with Gasteiger partial charge in [-0.15, -0.1) is 0 Å². The van der Waals surface area contributed by atoms with Crippen molar-refractivity contribution < 1.29 is 23.9 Å². The number of hydrogen-bond acceptors (Lipinski definition) is 5. The van der Waals surface area contributed by atoms with Crippen LogP contribution in [0.1, 0.15) is 23.7 Å². The standard InChI is InChI=1S/C22H22N2O5/c1-3-28-20(27)14-29-18-10-7-11-24-17(12-16-8-5-4-6-9-16)15(2)21(22(18)24)23-19(26)13-25/h4-11,13H,3,12,14H2,1-2H3,(H,23,26). The minimum Gasteiger partial charge on any atom is -0.480 e. The molecule has 0 saturated carbocycles. The Hall–Kier alpha value is -3.61. The number of fused-ring (bicyclic) bond motifs is 1. The quantitative estimate of drug-likeness (QED) is 0.361. The fourth-order valence-electron chi connectivity index (χ4n) is 3.23. The molecule has 0 aliphatic heterocycles. The van der Waals surface area contributed by atoms with Gasteiger partial charge in [0.15, 0.2) is 6.61 Å². The lowest BCUT2D eigenvalue weighted by Gasteiger charge is -2.10. The zero-order valence-corrected chi connectivity index (χ0v) is 16.3. The van der Waals surface area contributed by atoms with Gasteiger partial charge in [-0.1, -0.05) is 30.3 Å². The highest BCUT2D eigenvalue weighted by Crippen LogP contribution is 2.35. The predicted octanol–water partition coefficient (Wildman–Crippen LogP) is 2.92. The second-order valence-electron chi connectivity index (χ2n) is 6.40. The fraction of sp³-hybridized carbons (Fsp3) is 0.227. The van der Waals surface area contributed by atoms with Crippen LogP contribution >= 0.6 is 0 Å². The van der Waals surface area contributed by atoms with Crippen LogP contribution in [0.5, 0.6) is 5.75 Å². The van der Waals surface area contributed by atoms with E-state index in [1.54, 1.807) is 19.1 Å². The van der Waals surface area contributed by atoms with E-state index in [-0.39, 0.29) is 19.5 Å². The number of aromatic nitrogens is 1. The fourth-order valence-corrected chi connectivity index (χ4v) is 3.23. The first-order chi connectivity index (χ1) is 14.0. The lowest BCUT2D eigenvalue weighted by atomic mass is 10.1. The van der Waals surface area contributed by atoms with E-state index < -0.39 is 11.9 Å². The van der Waals surface area contributed by atoms with Crippen LogP contribution in [0.2, 0.25) is 0 Å². The molecule has 7 nitrogen and oxygen atoms in total. The maximum absolute atomic E-state index is 11.8. The third kappa shape index (κ3) is 4.45. The maximum atomic E-state index is 11.8. The van der Waals surface area contributed by atoms with Gasteiger partial charge in [-0.3, -0.25) is 9.59 Å². The molecule has 0 saturated heterocycles. The molecule has 3 rings (SSSR count). The largest absolute Gasteiger partial charge is 0.480 e. The summed E-state index contributed by atoms with van der Waals surface area (Å²) in [5.41, 5.74) is 3.91. The Labute approximate surface area is 168 Å². The van der Waals surface area contributed by atoms with E-state index in [0.717, 1.165) is 16.8 Å². The molecule has 0 radical (unpaired) electrons. The number of ether oxygens (including phenoxy) is 2. The zero-order chi connectivity index (χ0) is 20.8. The number of hydrogen-bond donors (Lipinski definition) is 1. The van der Waals surface area contributed by atoms with Gasteiger partial charge in [0.1, 0.15) is 11.3 Å². The summed E-state index contributed by atoms with van der Waals surface area (Å²) in [5, 5.41) is 2.64. The lowest BCUT2D eigenvalue weighted by molar-refractivity contribution is -0.145. The van der Waals surface area contributed by atoms with E-state index >= 15 is 0 Å². The third-order valence-electron chi connectivity index (χ3n) is 4.51. The number of benzene rings is 1. The molecule has 1 amide bonds. The summed E-state index contributed by atoms with van der Waals surface area (Å²) < 4.78 is 12.5. The van der Waals surface area contributed by atoms with Gasteiger partial charge in [0.05, 0.1) is 12.3 Å². The number of anilines is 1. The van der Waals surface area contributed by atoms with Gasteiger partial charge in [0.2, 0.25) is 6.29 Å². The van der Waals surface area contributed by atoms with Gasteiger partial charge in [-0.05, 0) is 37.1 Å². The normalized spacial score (nSPS) is 10.6. The lowest BCUT2D eigenvalue weighted by Crippen LogP contribution is -2.15. The van der Waals surface area contributed by atoms with Crippen molar-refractivity contribution in [2.24, 2.45) is 0 Å². The molecule has 0 aliphatic carbocycles. The molecule has 2 heterocycles. The first-order valence-corrected chi connectivity index (χ1v) is 9.26. The van der Waals surface area contributed by atoms with E-state index in [9.17, 15) is 14.4 Å². The number of carbonyl (C=O) groups excluding carboxylic acids is 3. The molecule has 2 aromatic heterocycles. The number of aldehydes is 1. The average Bonchev–Trinajstić information content (AvgIpc) is 2.99. The SMILES string of the molecule is CCOC(=O)COc1cccn2c(Cc3ccccc3)c(C)c(NC(=O)C=O)c12. The van der Waals surface area contributed by atoms with Gasteiger partial charge in [0.25, 0.3) is 5.91 Å². The summed E-state index contributed by atoms with van der Waals surface area (Å²) in [7, 11) is 0. The van der Waals surface area contributed by atoms with Gasteiger partial charge >= 0.3 is 5.97 Å².